The van der Waals surface area contributed by atoms with Gasteiger partial charge in [-0.1, -0.05) is 12.1 Å². The van der Waals surface area contributed by atoms with E-state index in [1.807, 2.05) is 17.4 Å². The van der Waals surface area contributed by atoms with E-state index in [-0.39, 0.29) is 5.57 Å². The number of nitrogens with one attached hydrogen (secondary N) is 1. The second-order valence-corrected chi connectivity index (χ2v) is 4.68. The third-order valence-electron chi connectivity index (χ3n) is 3.18. The Labute approximate surface area is 127 Å². The van der Waals surface area contributed by atoms with E-state index in [1.54, 1.807) is 18.2 Å². The van der Waals surface area contributed by atoms with Crippen molar-refractivity contribution < 1.29 is 14.3 Å². The average Bonchev–Trinajstić information content (AvgIpc) is 2.53. The number of nitriles is 1. The van der Waals surface area contributed by atoms with Crippen LogP contribution in [0.3, 0.4) is 0 Å². The molecule has 0 bridgehead atoms. The number of rotatable bonds is 3. The zero-order valence-electron chi connectivity index (χ0n) is 11.9. The van der Waals surface area contributed by atoms with Gasteiger partial charge in [-0.05, 0) is 23.8 Å². The maximum atomic E-state index is 11.6. The molecule has 0 saturated carbocycles. The van der Waals surface area contributed by atoms with Crippen LogP contribution in [0.5, 0.6) is 0 Å². The number of morpholine rings is 1. The van der Waals surface area contributed by atoms with Crippen LogP contribution in [0.25, 0.3) is 6.08 Å². The van der Waals surface area contributed by atoms with E-state index in [4.69, 9.17) is 15.7 Å². The van der Waals surface area contributed by atoms with E-state index in [9.17, 15) is 9.59 Å². The highest BCUT2D eigenvalue weighted by Crippen LogP contribution is 2.18. The quantitative estimate of drug-likeness (QED) is 0.628. The van der Waals surface area contributed by atoms with E-state index >= 15 is 0 Å². The first kappa shape index (κ1) is 15.5. The molecule has 1 heterocycles. The molecule has 1 aliphatic heterocycles. The molecular weight excluding hydrogens is 284 g/mol. The summed E-state index contributed by atoms with van der Waals surface area (Å²) in [5.74, 6) is -0.813. The van der Waals surface area contributed by atoms with E-state index in [1.165, 1.54) is 6.08 Å². The average molecular weight is 300 g/mol. The summed E-state index contributed by atoms with van der Waals surface area (Å²) < 4.78 is 5.30. The topological polar surface area (TPSA) is 108 Å². The Kier molecular flexibility index (Phi) is 5.11. The van der Waals surface area contributed by atoms with Gasteiger partial charge in [-0.2, -0.15) is 5.26 Å². The van der Waals surface area contributed by atoms with E-state index in [0.717, 1.165) is 18.8 Å². The number of amides is 3. The zero-order chi connectivity index (χ0) is 15.9. The summed E-state index contributed by atoms with van der Waals surface area (Å²) in [6, 6.07) is 8.20. The summed E-state index contributed by atoms with van der Waals surface area (Å²) >= 11 is 0. The number of ether oxygens (including phenoxy) is 1. The number of nitrogens with zero attached hydrogens (tertiary/aromatic N) is 2. The van der Waals surface area contributed by atoms with Crippen molar-refractivity contribution in [3.8, 4) is 6.07 Å². The van der Waals surface area contributed by atoms with Crippen LogP contribution in [0.15, 0.2) is 29.8 Å². The largest absolute Gasteiger partial charge is 0.378 e. The Morgan fingerprint density at radius 3 is 2.45 bits per heavy atom. The molecule has 1 fully saturated rings. The van der Waals surface area contributed by atoms with Gasteiger partial charge in [0.25, 0.3) is 5.91 Å². The third kappa shape index (κ3) is 4.07. The molecule has 22 heavy (non-hydrogen) atoms. The molecule has 7 nitrogen and oxygen atoms in total. The smallest absolute Gasteiger partial charge is 0.319 e. The highest BCUT2D eigenvalue weighted by molar-refractivity contribution is 6.08. The molecular formula is C15H16N4O3. The van der Waals surface area contributed by atoms with Crippen LogP contribution in [0, 0.1) is 11.3 Å². The molecule has 0 aromatic heterocycles. The number of primary amides is 1. The molecule has 7 heteroatoms. The van der Waals surface area contributed by atoms with Gasteiger partial charge in [-0.15, -0.1) is 0 Å². The van der Waals surface area contributed by atoms with Crippen LogP contribution >= 0.6 is 0 Å². The molecule has 0 radical (unpaired) electrons. The molecule has 114 valence electrons. The maximum absolute atomic E-state index is 11.6. The molecule has 2 rings (SSSR count). The predicted octanol–water partition coefficient (Wildman–Crippen LogP) is 0.625. The first-order valence-corrected chi connectivity index (χ1v) is 6.75. The summed E-state index contributed by atoms with van der Waals surface area (Å²) in [5, 5.41) is 10.8. The van der Waals surface area contributed by atoms with Gasteiger partial charge in [-0.25, -0.2) is 4.79 Å². The van der Waals surface area contributed by atoms with Crippen LogP contribution in [0.4, 0.5) is 10.5 Å². The fraction of sp³-hybridized carbons (Fsp3) is 0.267. The van der Waals surface area contributed by atoms with Gasteiger partial charge in [0.15, 0.2) is 0 Å². The van der Waals surface area contributed by atoms with Crippen LogP contribution < -0.4 is 16.0 Å². The van der Waals surface area contributed by atoms with Crippen molar-refractivity contribution in [1.82, 2.24) is 5.32 Å². The monoisotopic (exact) mass is 300 g/mol. The van der Waals surface area contributed by atoms with E-state index in [2.05, 4.69) is 4.90 Å². The summed E-state index contributed by atoms with van der Waals surface area (Å²) in [5.41, 5.74) is 6.42. The molecule has 0 spiro atoms. The second kappa shape index (κ2) is 7.24. The number of imide groups is 1. The van der Waals surface area contributed by atoms with Crippen molar-refractivity contribution in [1.29, 1.82) is 5.26 Å². The van der Waals surface area contributed by atoms with Crippen molar-refractivity contribution in [3.05, 3.63) is 35.4 Å². The van der Waals surface area contributed by atoms with Crippen molar-refractivity contribution in [2.45, 2.75) is 0 Å². The van der Waals surface area contributed by atoms with Crippen molar-refractivity contribution >= 4 is 23.7 Å². The lowest BCUT2D eigenvalue weighted by Gasteiger charge is -2.28. The van der Waals surface area contributed by atoms with Crippen molar-refractivity contribution in [2.24, 2.45) is 5.73 Å². The zero-order valence-corrected chi connectivity index (χ0v) is 11.9. The number of carbonyl (C=O) groups excluding carboxylic acids is 2. The minimum absolute atomic E-state index is 0.182. The van der Waals surface area contributed by atoms with Gasteiger partial charge in [-0.3, -0.25) is 10.1 Å². The number of carbonyl (C=O) groups is 2. The molecule has 1 saturated heterocycles. The minimum Gasteiger partial charge on any atom is -0.378 e. The highest BCUT2D eigenvalue weighted by Gasteiger charge is 2.12. The van der Waals surface area contributed by atoms with Crippen molar-refractivity contribution in [3.63, 3.8) is 0 Å². The molecule has 3 amide bonds. The minimum atomic E-state index is -0.992. The SMILES string of the molecule is N#C/C(=C/c1ccc(N2CCOCC2)cc1)C(=O)NC(N)=O. The van der Waals surface area contributed by atoms with Gasteiger partial charge in [0.2, 0.25) is 0 Å². The lowest BCUT2D eigenvalue weighted by Crippen LogP contribution is -2.36. The predicted molar refractivity (Wildman–Crippen MR) is 80.8 cm³/mol. The molecule has 0 atom stereocenters. The summed E-state index contributed by atoms with van der Waals surface area (Å²) in [6.45, 7) is 3.07. The fourth-order valence-electron chi connectivity index (χ4n) is 2.10. The van der Waals surface area contributed by atoms with Gasteiger partial charge in [0.05, 0.1) is 13.2 Å². The molecule has 1 aromatic rings. The fourth-order valence-corrected chi connectivity index (χ4v) is 2.10. The normalized spacial score (nSPS) is 15.0. The number of anilines is 1. The lowest BCUT2D eigenvalue weighted by molar-refractivity contribution is -0.115. The third-order valence-corrected chi connectivity index (χ3v) is 3.18. The number of nitrogens with two attached hydrogens (primary N) is 1. The van der Waals surface area contributed by atoms with Crippen LogP contribution in [-0.4, -0.2) is 38.2 Å². The molecule has 3 N–H and O–H groups in total. The molecule has 0 unspecified atom stereocenters. The number of urea groups is 1. The molecule has 1 aromatic carbocycles. The molecule has 0 aliphatic carbocycles. The van der Waals surface area contributed by atoms with Gasteiger partial charge in [0.1, 0.15) is 11.6 Å². The van der Waals surface area contributed by atoms with Crippen LogP contribution in [-0.2, 0) is 9.53 Å². The molecule has 1 aliphatic rings. The Balaban J connectivity index is 2.11. The Hall–Kier alpha value is -2.85. The van der Waals surface area contributed by atoms with Crippen LogP contribution in [0.1, 0.15) is 5.56 Å². The first-order valence-electron chi connectivity index (χ1n) is 6.75. The Morgan fingerprint density at radius 1 is 1.27 bits per heavy atom. The Bertz CT molecular complexity index is 625. The standard InChI is InChI=1S/C15H16N4O3/c16-10-12(14(20)18-15(17)21)9-11-1-3-13(4-2-11)19-5-7-22-8-6-19/h1-4,9H,5-8H2,(H3,17,18,20,21)/b12-9-. The maximum Gasteiger partial charge on any atom is 0.319 e. The van der Waals surface area contributed by atoms with Crippen molar-refractivity contribution in [2.75, 3.05) is 31.2 Å². The number of hydrogen-bond acceptors (Lipinski definition) is 5. The van der Waals surface area contributed by atoms with E-state index in [0.29, 0.717) is 18.8 Å². The van der Waals surface area contributed by atoms with Crippen LogP contribution in [0.2, 0.25) is 0 Å². The van der Waals surface area contributed by atoms with Gasteiger partial charge in [0, 0.05) is 18.8 Å². The summed E-state index contributed by atoms with van der Waals surface area (Å²) in [7, 11) is 0. The summed E-state index contributed by atoms with van der Waals surface area (Å²) in [6.07, 6.45) is 1.40. The lowest BCUT2D eigenvalue weighted by atomic mass is 10.1. The summed E-state index contributed by atoms with van der Waals surface area (Å²) in [4.78, 5) is 24.4. The second-order valence-electron chi connectivity index (χ2n) is 4.68. The van der Waals surface area contributed by atoms with Gasteiger partial charge < -0.3 is 15.4 Å². The highest BCUT2D eigenvalue weighted by atomic mass is 16.5. The first-order chi connectivity index (χ1) is 10.6. The Morgan fingerprint density at radius 2 is 1.91 bits per heavy atom. The number of hydrogen-bond donors (Lipinski definition) is 2. The van der Waals surface area contributed by atoms with E-state index < -0.39 is 11.9 Å². The number of benzene rings is 1. The van der Waals surface area contributed by atoms with Gasteiger partial charge >= 0.3 is 6.03 Å².